The van der Waals surface area contributed by atoms with Crippen molar-refractivity contribution in [3.05, 3.63) is 51.8 Å². The molecule has 0 aliphatic heterocycles. The van der Waals surface area contributed by atoms with Gasteiger partial charge in [-0.2, -0.15) is 5.10 Å². The Labute approximate surface area is 104 Å². The number of hydrogen-bond acceptors (Lipinski definition) is 3. The van der Waals surface area contributed by atoms with Crippen LogP contribution in [0.2, 0.25) is 0 Å². The molecule has 0 aliphatic carbocycles. The van der Waals surface area contributed by atoms with Gasteiger partial charge in [-0.15, -0.1) is 0 Å². The molecule has 0 atom stereocenters. The lowest BCUT2D eigenvalue weighted by molar-refractivity contribution is 0.988. The molecule has 1 aromatic heterocycles. The van der Waals surface area contributed by atoms with E-state index < -0.39 is 5.56 Å². The largest absolute Gasteiger partial charge is 0.384 e. The molecule has 0 saturated carbocycles. The van der Waals surface area contributed by atoms with Crippen molar-refractivity contribution in [3.8, 4) is 11.3 Å². The molecule has 4 N–H and O–H groups in total. The van der Waals surface area contributed by atoms with Crippen LogP contribution in [0.1, 0.15) is 18.1 Å². The van der Waals surface area contributed by atoms with Crippen LogP contribution < -0.4 is 11.3 Å². The maximum absolute atomic E-state index is 11.4. The van der Waals surface area contributed by atoms with Crippen molar-refractivity contribution in [2.75, 3.05) is 0 Å². The van der Waals surface area contributed by atoms with E-state index in [0.29, 0.717) is 5.69 Å². The molecule has 2 rings (SSSR count). The number of H-pyrrole nitrogens is 1. The summed E-state index contributed by atoms with van der Waals surface area (Å²) in [6.07, 6.45) is 0.970. The number of aromatic nitrogens is 2. The number of nitrogens with zero attached hydrogens (tertiary/aromatic N) is 1. The highest BCUT2D eigenvalue weighted by atomic mass is 16.1. The van der Waals surface area contributed by atoms with Crippen molar-refractivity contribution in [1.29, 1.82) is 5.41 Å². The monoisotopic (exact) mass is 242 g/mol. The topological polar surface area (TPSA) is 95.6 Å². The zero-order chi connectivity index (χ0) is 13.1. The van der Waals surface area contributed by atoms with Gasteiger partial charge in [0.25, 0.3) is 5.56 Å². The summed E-state index contributed by atoms with van der Waals surface area (Å²) in [7, 11) is 0. The Morgan fingerprint density at radius 1 is 1.39 bits per heavy atom. The van der Waals surface area contributed by atoms with Gasteiger partial charge in [-0.1, -0.05) is 31.2 Å². The van der Waals surface area contributed by atoms with E-state index in [1.165, 1.54) is 11.6 Å². The molecule has 0 amide bonds. The van der Waals surface area contributed by atoms with Gasteiger partial charge >= 0.3 is 0 Å². The van der Waals surface area contributed by atoms with Crippen LogP contribution in [0, 0.1) is 5.41 Å². The number of amidine groups is 1. The summed E-state index contributed by atoms with van der Waals surface area (Å²) in [5.74, 6) is -0.259. The number of aromatic amines is 1. The summed E-state index contributed by atoms with van der Waals surface area (Å²) in [4.78, 5) is 11.4. The first-order chi connectivity index (χ1) is 8.61. The van der Waals surface area contributed by atoms with Crippen LogP contribution in [0.15, 0.2) is 35.1 Å². The van der Waals surface area contributed by atoms with E-state index in [9.17, 15) is 4.79 Å². The van der Waals surface area contributed by atoms with Gasteiger partial charge in [0.1, 0.15) is 5.84 Å². The van der Waals surface area contributed by atoms with Crippen LogP contribution in [0.4, 0.5) is 0 Å². The van der Waals surface area contributed by atoms with E-state index in [1.807, 2.05) is 24.3 Å². The molecule has 2 aromatic rings. The molecule has 0 saturated heterocycles. The number of hydrogen-bond donors (Lipinski definition) is 3. The molecule has 1 aromatic carbocycles. The molecule has 0 unspecified atom stereocenters. The van der Waals surface area contributed by atoms with Gasteiger partial charge in [-0.3, -0.25) is 10.2 Å². The van der Waals surface area contributed by atoms with Crippen molar-refractivity contribution < 1.29 is 0 Å². The predicted octanol–water partition coefficient (Wildman–Crippen LogP) is 1.28. The van der Waals surface area contributed by atoms with Gasteiger partial charge in [0, 0.05) is 5.56 Å². The summed E-state index contributed by atoms with van der Waals surface area (Å²) >= 11 is 0. The minimum atomic E-state index is -0.448. The molecule has 0 aliphatic rings. The smallest absolute Gasteiger partial charge is 0.275 e. The van der Waals surface area contributed by atoms with E-state index in [0.717, 1.165) is 12.0 Å². The van der Waals surface area contributed by atoms with Crippen molar-refractivity contribution in [2.24, 2.45) is 5.73 Å². The minimum absolute atomic E-state index is 0.138. The summed E-state index contributed by atoms with van der Waals surface area (Å²) in [6.45, 7) is 2.08. The number of nitrogen functional groups attached to an aromatic ring is 1. The van der Waals surface area contributed by atoms with Gasteiger partial charge in [-0.05, 0) is 18.1 Å². The van der Waals surface area contributed by atoms with E-state index >= 15 is 0 Å². The number of aryl methyl sites for hydroxylation is 1. The summed E-state index contributed by atoms with van der Waals surface area (Å²) in [5, 5.41) is 13.6. The third-order valence-corrected chi connectivity index (χ3v) is 2.75. The molecule has 0 radical (unpaired) electrons. The second kappa shape index (κ2) is 4.83. The highest BCUT2D eigenvalue weighted by Gasteiger charge is 2.07. The van der Waals surface area contributed by atoms with Crippen molar-refractivity contribution in [1.82, 2.24) is 10.2 Å². The van der Waals surface area contributed by atoms with Crippen molar-refractivity contribution in [2.45, 2.75) is 13.3 Å². The first kappa shape index (κ1) is 12.0. The van der Waals surface area contributed by atoms with Crippen LogP contribution >= 0.6 is 0 Å². The van der Waals surface area contributed by atoms with Crippen molar-refractivity contribution in [3.63, 3.8) is 0 Å². The highest BCUT2D eigenvalue weighted by Crippen LogP contribution is 2.17. The summed E-state index contributed by atoms with van der Waals surface area (Å²) in [6, 6.07) is 9.42. The number of nitrogens with two attached hydrogens (primary N) is 1. The molecular weight excluding hydrogens is 228 g/mol. The van der Waals surface area contributed by atoms with Crippen LogP contribution in [0.3, 0.4) is 0 Å². The van der Waals surface area contributed by atoms with Crippen molar-refractivity contribution >= 4 is 5.84 Å². The highest BCUT2D eigenvalue weighted by molar-refractivity contribution is 5.95. The van der Waals surface area contributed by atoms with Gasteiger partial charge < -0.3 is 5.73 Å². The Kier molecular flexibility index (Phi) is 3.23. The fourth-order valence-corrected chi connectivity index (χ4v) is 1.66. The third kappa shape index (κ3) is 2.29. The Morgan fingerprint density at radius 2 is 2.06 bits per heavy atom. The molecule has 0 bridgehead atoms. The first-order valence-corrected chi connectivity index (χ1v) is 5.65. The maximum Gasteiger partial charge on any atom is 0.275 e. The zero-order valence-corrected chi connectivity index (χ0v) is 10.0. The third-order valence-electron chi connectivity index (χ3n) is 2.75. The Balaban J connectivity index is 2.47. The normalized spacial score (nSPS) is 10.3. The second-order valence-electron chi connectivity index (χ2n) is 3.96. The van der Waals surface area contributed by atoms with E-state index in [1.54, 1.807) is 0 Å². The fraction of sp³-hybridized carbons (Fsp3) is 0.154. The van der Waals surface area contributed by atoms with Gasteiger partial charge in [0.05, 0.1) is 11.3 Å². The molecule has 0 spiro atoms. The average molecular weight is 242 g/mol. The first-order valence-electron chi connectivity index (χ1n) is 5.65. The maximum atomic E-state index is 11.4. The van der Waals surface area contributed by atoms with Gasteiger partial charge in [-0.25, -0.2) is 5.10 Å². The number of nitrogens with one attached hydrogen (secondary N) is 2. The summed E-state index contributed by atoms with van der Waals surface area (Å²) < 4.78 is 0. The Morgan fingerprint density at radius 3 is 2.61 bits per heavy atom. The zero-order valence-electron chi connectivity index (χ0n) is 10.0. The molecular formula is C13H14N4O. The standard InChI is InChI=1S/C13H14N4O/c1-2-8-3-5-9(6-4-8)11-7-10(12(14)15)13(18)17-16-11/h3-7H,2H2,1H3,(H3,14,15)(H,17,18). The average Bonchev–Trinajstić information content (AvgIpc) is 2.39. The molecule has 92 valence electrons. The SMILES string of the molecule is CCc1ccc(-c2cc(C(=N)N)c(=O)[nH]n2)cc1. The Bertz CT molecular complexity index is 628. The Hall–Kier alpha value is -2.43. The van der Waals surface area contributed by atoms with Gasteiger partial charge in [0.2, 0.25) is 0 Å². The molecule has 0 fully saturated rings. The molecule has 1 heterocycles. The van der Waals surface area contributed by atoms with Crippen LogP contribution in [-0.4, -0.2) is 16.0 Å². The van der Waals surface area contributed by atoms with Crippen LogP contribution in [0.5, 0.6) is 0 Å². The molecule has 5 nitrogen and oxygen atoms in total. The predicted molar refractivity (Wildman–Crippen MR) is 70.7 cm³/mol. The summed E-state index contributed by atoms with van der Waals surface area (Å²) in [5.41, 5.74) is 7.74. The van der Waals surface area contributed by atoms with Crippen LogP contribution in [-0.2, 0) is 6.42 Å². The quantitative estimate of drug-likeness (QED) is 0.559. The number of benzene rings is 1. The van der Waals surface area contributed by atoms with E-state index in [2.05, 4.69) is 17.1 Å². The van der Waals surface area contributed by atoms with Crippen LogP contribution in [0.25, 0.3) is 11.3 Å². The lowest BCUT2D eigenvalue weighted by atomic mass is 10.1. The van der Waals surface area contributed by atoms with Gasteiger partial charge in [0.15, 0.2) is 0 Å². The van der Waals surface area contributed by atoms with E-state index in [-0.39, 0.29) is 11.4 Å². The van der Waals surface area contributed by atoms with E-state index in [4.69, 9.17) is 11.1 Å². The lowest BCUT2D eigenvalue weighted by Crippen LogP contribution is -2.24. The molecule has 5 heteroatoms. The minimum Gasteiger partial charge on any atom is -0.384 e. The fourth-order valence-electron chi connectivity index (χ4n) is 1.66. The lowest BCUT2D eigenvalue weighted by Gasteiger charge is -2.03. The second-order valence-corrected chi connectivity index (χ2v) is 3.96. The molecule has 18 heavy (non-hydrogen) atoms. The number of rotatable bonds is 3.